The van der Waals surface area contributed by atoms with E-state index >= 15 is 0 Å². The van der Waals surface area contributed by atoms with Gasteiger partial charge < -0.3 is 10.4 Å². The Morgan fingerprint density at radius 3 is 2.10 bits per heavy atom. The molecule has 7 heteroatoms. The van der Waals surface area contributed by atoms with Gasteiger partial charge in [-0.25, -0.2) is 13.2 Å². The molecule has 1 aromatic rings. The number of aryl methyl sites for hydroxylation is 2. The van der Waals surface area contributed by atoms with Crippen LogP contribution < -0.4 is 5.32 Å². The molecule has 0 saturated carbocycles. The molecule has 1 rings (SSSR count). The van der Waals surface area contributed by atoms with Gasteiger partial charge >= 0.3 is 5.97 Å². The summed E-state index contributed by atoms with van der Waals surface area (Å²) in [6.07, 6.45) is 0.983. The first-order chi connectivity index (χ1) is 9.37. The molecular weight excluding hydrogens is 294 g/mol. The van der Waals surface area contributed by atoms with Crippen molar-refractivity contribution < 1.29 is 23.1 Å². The second-order valence-corrected chi connectivity index (χ2v) is 8.09. The van der Waals surface area contributed by atoms with Crippen molar-refractivity contribution in [3.63, 3.8) is 0 Å². The van der Waals surface area contributed by atoms with Crippen LogP contribution >= 0.6 is 0 Å². The number of anilines is 1. The first-order valence-corrected chi connectivity index (χ1v) is 8.12. The van der Waals surface area contributed by atoms with E-state index in [1.54, 1.807) is 19.9 Å². The van der Waals surface area contributed by atoms with Crippen molar-refractivity contribution in [1.82, 2.24) is 0 Å². The van der Waals surface area contributed by atoms with Crippen molar-refractivity contribution in [1.29, 1.82) is 0 Å². The lowest BCUT2D eigenvalue weighted by Gasteiger charge is -2.22. The van der Waals surface area contributed by atoms with E-state index in [0.717, 1.165) is 6.26 Å². The fourth-order valence-electron chi connectivity index (χ4n) is 1.66. The van der Waals surface area contributed by atoms with Gasteiger partial charge in [0.2, 0.25) is 5.91 Å². The van der Waals surface area contributed by atoms with E-state index in [2.05, 4.69) is 5.32 Å². The minimum atomic E-state index is -3.60. The molecule has 0 bridgehead atoms. The fraction of sp³-hybridized carbons (Fsp3) is 0.429. The lowest BCUT2D eigenvalue weighted by Crippen LogP contribution is -2.44. The van der Waals surface area contributed by atoms with Crippen molar-refractivity contribution in [3.8, 4) is 0 Å². The number of carbonyl (C=O) groups excluding carboxylic acids is 1. The molecule has 0 aliphatic rings. The molecule has 0 atom stereocenters. The molecule has 1 amide bonds. The molecule has 21 heavy (non-hydrogen) atoms. The van der Waals surface area contributed by atoms with E-state index in [9.17, 15) is 18.0 Å². The molecule has 0 radical (unpaired) electrons. The molecule has 0 fully saturated rings. The summed E-state index contributed by atoms with van der Waals surface area (Å²) in [5.41, 5.74) is 1.59. The number of sulfone groups is 1. The first-order valence-electron chi connectivity index (χ1n) is 6.23. The van der Waals surface area contributed by atoms with Crippen molar-refractivity contribution in [2.24, 2.45) is 0 Å². The number of amides is 1. The summed E-state index contributed by atoms with van der Waals surface area (Å²) >= 11 is 0. The van der Waals surface area contributed by atoms with Crippen molar-refractivity contribution in [2.45, 2.75) is 32.4 Å². The fourth-order valence-corrected chi connectivity index (χ4v) is 2.05. The van der Waals surface area contributed by atoms with Crippen LogP contribution in [0.4, 0.5) is 5.69 Å². The van der Waals surface area contributed by atoms with Gasteiger partial charge in [-0.15, -0.1) is 0 Å². The van der Waals surface area contributed by atoms with E-state index < -0.39 is 26.5 Å². The van der Waals surface area contributed by atoms with E-state index in [0.29, 0.717) is 16.8 Å². The molecule has 0 saturated heterocycles. The standard InChI is InChI=1S/C14H19NO5S/c1-8-6-9(2)11(7-10(8)12(16)17)15-13(18)14(3,4)21(5,19)20/h6-7H,1-5H3,(H,15,18)(H,16,17). The summed E-state index contributed by atoms with van der Waals surface area (Å²) in [5.74, 6) is -1.81. The van der Waals surface area contributed by atoms with Crippen LogP contribution in [0.25, 0.3) is 0 Å². The van der Waals surface area contributed by atoms with Crippen LogP contribution in [0.3, 0.4) is 0 Å². The largest absolute Gasteiger partial charge is 0.478 e. The Labute approximate surface area is 124 Å². The van der Waals surface area contributed by atoms with E-state index in [-0.39, 0.29) is 5.56 Å². The number of carboxylic acid groups (broad SMARTS) is 1. The molecule has 0 spiro atoms. The zero-order valence-corrected chi connectivity index (χ0v) is 13.5. The highest BCUT2D eigenvalue weighted by Gasteiger charge is 2.38. The average molecular weight is 313 g/mol. The predicted molar refractivity (Wildman–Crippen MR) is 80.4 cm³/mol. The number of benzene rings is 1. The monoisotopic (exact) mass is 313 g/mol. The summed E-state index contributed by atoms with van der Waals surface area (Å²) in [6, 6.07) is 2.97. The van der Waals surface area contributed by atoms with Gasteiger partial charge in [0.25, 0.3) is 0 Å². The van der Waals surface area contributed by atoms with Crippen LogP contribution in [0, 0.1) is 13.8 Å². The summed E-state index contributed by atoms with van der Waals surface area (Å²) in [6.45, 7) is 5.97. The first kappa shape index (κ1) is 17.2. The summed E-state index contributed by atoms with van der Waals surface area (Å²) in [7, 11) is -3.60. The smallest absolute Gasteiger partial charge is 0.336 e. The summed E-state index contributed by atoms with van der Waals surface area (Å²) in [4.78, 5) is 23.3. The maximum absolute atomic E-state index is 12.2. The van der Waals surface area contributed by atoms with E-state index in [1.807, 2.05) is 0 Å². The molecule has 116 valence electrons. The SMILES string of the molecule is Cc1cc(C)c(C(=O)O)cc1NC(=O)C(C)(C)S(C)(=O)=O. The van der Waals surface area contributed by atoms with E-state index in [1.165, 1.54) is 19.9 Å². The van der Waals surface area contributed by atoms with Crippen LogP contribution in [0.15, 0.2) is 12.1 Å². The Morgan fingerprint density at radius 2 is 1.67 bits per heavy atom. The number of carboxylic acids is 1. The third kappa shape index (κ3) is 3.41. The van der Waals surface area contributed by atoms with Crippen LogP contribution in [-0.2, 0) is 14.6 Å². The molecule has 0 unspecified atom stereocenters. The normalized spacial score (nSPS) is 12.0. The molecule has 6 nitrogen and oxygen atoms in total. The Hall–Kier alpha value is -1.89. The van der Waals surface area contributed by atoms with Crippen LogP contribution in [0.2, 0.25) is 0 Å². The Balaban J connectivity index is 3.23. The van der Waals surface area contributed by atoms with Crippen LogP contribution in [0.5, 0.6) is 0 Å². The van der Waals surface area contributed by atoms with Gasteiger partial charge in [-0.2, -0.15) is 0 Å². The van der Waals surface area contributed by atoms with Crippen molar-refractivity contribution in [3.05, 3.63) is 28.8 Å². The van der Waals surface area contributed by atoms with Gasteiger partial charge in [0.1, 0.15) is 4.75 Å². The zero-order valence-electron chi connectivity index (χ0n) is 12.6. The highest BCUT2D eigenvalue weighted by molar-refractivity contribution is 7.92. The van der Waals surface area contributed by atoms with Gasteiger partial charge in [0.05, 0.1) is 5.56 Å². The molecule has 0 aliphatic heterocycles. The Bertz CT molecular complexity index is 704. The van der Waals surface area contributed by atoms with Crippen molar-refractivity contribution in [2.75, 3.05) is 11.6 Å². The molecule has 0 aliphatic carbocycles. The molecule has 0 aromatic heterocycles. The van der Waals surface area contributed by atoms with E-state index in [4.69, 9.17) is 5.11 Å². The number of aromatic carboxylic acids is 1. The number of hydrogen-bond acceptors (Lipinski definition) is 4. The average Bonchev–Trinajstić information content (AvgIpc) is 2.30. The maximum Gasteiger partial charge on any atom is 0.336 e. The second-order valence-electron chi connectivity index (χ2n) is 5.52. The Kier molecular flexibility index (Phi) is 4.48. The minimum Gasteiger partial charge on any atom is -0.478 e. The zero-order chi connectivity index (χ0) is 16.6. The number of rotatable bonds is 4. The highest BCUT2D eigenvalue weighted by Crippen LogP contribution is 2.24. The number of carbonyl (C=O) groups is 2. The topological polar surface area (TPSA) is 101 Å². The minimum absolute atomic E-state index is 0.0630. The Morgan fingerprint density at radius 1 is 1.14 bits per heavy atom. The quantitative estimate of drug-likeness (QED) is 0.882. The van der Waals surface area contributed by atoms with Gasteiger partial charge in [-0.05, 0) is 44.9 Å². The highest BCUT2D eigenvalue weighted by atomic mass is 32.2. The molecule has 1 aromatic carbocycles. The third-order valence-electron chi connectivity index (χ3n) is 3.52. The summed E-state index contributed by atoms with van der Waals surface area (Å²) < 4.78 is 21.7. The molecule has 2 N–H and O–H groups in total. The lowest BCUT2D eigenvalue weighted by molar-refractivity contribution is -0.117. The second kappa shape index (κ2) is 5.48. The van der Waals surface area contributed by atoms with Crippen LogP contribution in [-0.4, -0.2) is 36.4 Å². The number of hydrogen-bond donors (Lipinski definition) is 2. The lowest BCUT2D eigenvalue weighted by atomic mass is 10.0. The van der Waals surface area contributed by atoms with Gasteiger partial charge in [0.15, 0.2) is 9.84 Å². The van der Waals surface area contributed by atoms with Gasteiger partial charge in [0, 0.05) is 11.9 Å². The summed E-state index contributed by atoms with van der Waals surface area (Å²) in [5, 5.41) is 11.6. The van der Waals surface area contributed by atoms with Crippen molar-refractivity contribution >= 4 is 27.4 Å². The van der Waals surface area contributed by atoms with Gasteiger partial charge in [-0.1, -0.05) is 6.07 Å². The third-order valence-corrected chi connectivity index (χ3v) is 5.56. The molecular formula is C14H19NO5S. The maximum atomic E-state index is 12.2. The molecule has 0 heterocycles. The van der Waals surface area contributed by atoms with Gasteiger partial charge in [-0.3, -0.25) is 4.79 Å². The van der Waals surface area contributed by atoms with Crippen LogP contribution in [0.1, 0.15) is 35.3 Å². The number of nitrogens with one attached hydrogen (secondary N) is 1. The predicted octanol–water partition coefficient (Wildman–Crippen LogP) is 1.76.